The Balaban J connectivity index is 1.60. The molecule has 2 aliphatic heterocycles. The largest absolute Gasteiger partial charge is 0.399 e. The van der Waals surface area contributed by atoms with E-state index < -0.39 is 58.5 Å². The van der Waals surface area contributed by atoms with Gasteiger partial charge in [0, 0.05) is 19.0 Å². The van der Waals surface area contributed by atoms with Crippen LogP contribution >= 0.6 is 11.6 Å². The Morgan fingerprint density at radius 2 is 1.84 bits per heavy atom. The monoisotopic (exact) mass is 557 g/mol. The second-order valence-electron chi connectivity index (χ2n) is 11.9. The fourth-order valence-corrected chi connectivity index (χ4v) is 6.52. The van der Waals surface area contributed by atoms with Gasteiger partial charge in [-0.2, -0.15) is 8.78 Å². The average molecular weight is 558 g/mol. The van der Waals surface area contributed by atoms with Crippen molar-refractivity contribution < 1.29 is 32.8 Å². The molecule has 0 spiro atoms. The second-order valence-corrected chi connectivity index (χ2v) is 12.3. The number of alkyl halides is 3. The Morgan fingerprint density at radius 1 is 1.18 bits per heavy atom. The number of amides is 5. The highest BCUT2D eigenvalue weighted by Gasteiger charge is 2.59. The summed E-state index contributed by atoms with van der Waals surface area (Å²) in [6, 6.07) is -3.53. The number of hydrogen-bond donors (Lipinski definition) is 4. The number of carbonyl (C=O) groups excluding carboxylic acids is 5. The molecule has 4 aliphatic rings. The predicted molar refractivity (Wildman–Crippen MR) is 132 cm³/mol. The summed E-state index contributed by atoms with van der Waals surface area (Å²) in [5.41, 5.74) is 4.57. The number of allylic oxidation sites excluding steroid dienone is 2. The fourth-order valence-electron chi connectivity index (χ4n) is 6.47. The van der Waals surface area contributed by atoms with Gasteiger partial charge < -0.3 is 26.6 Å². The smallest absolute Gasteiger partial charge is 0.368 e. The van der Waals surface area contributed by atoms with Gasteiger partial charge in [0.25, 0.3) is 0 Å². The van der Waals surface area contributed by atoms with E-state index in [-0.39, 0.29) is 42.5 Å². The molecule has 2 aliphatic carbocycles. The molecule has 210 valence electrons. The molecule has 2 bridgehead atoms. The summed E-state index contributed by atoms with van der Waals surface area (Å²) < 4.78 is 27.0. The van der Waals surface area contributed by atoms with Crippen molar-refractivity contribution in [3.8, 4) is 0 Å². The molecular weight excluding hydrogens is 524 g/mol. The third kappa shape index (κ3) is 5.37. The lowest BCUT2D eigenvalue weighted by molar-refractivity contribution is -0.148. The zero-order chi connectivity index (χ0) is 28.2. The molecule has 38 heavy (non-hydrogen) atoms. The summed E-state index contributed by atoms with van der Waals surface area (Å²) in [7, 11) is 0. The van der Waals surface area contributed by atoms with Gasteiger partial charge in [0.05, 0.1) is 0 Å². The van der Waals surface area contributed by atoms with Gasteiger partial charge >= 0.3 is 11.3 Å². The highest BCUT2D eigenvalue weighted by Crippen LogP contribution is 2.54. The highest BCUT2D eigenvalue weighted by molar-refractivity contribution is 6.32. The first kappa shape index (κ1) is 28.3. The molecule has 5 N–H and O–H groups in total. The van der Waals surface area contributed by atoms with Gasteiger partial charge in [0.2, 0.25) is 23.6 Å². The number of nitrogens with two attached hydrogens (primary N) is 1. The molecule has 1 saturated carbocycles. The van der Waals surface area contributed by atoms with Crippen molar-refractivity contribution in [2.75, 3.05) is 13.1 Å². The number of fused-ring (bicyclic) bond motifs is 5. The van der Waals surface area contributed by atoms with E-state index in [1.165, 1.54) is 4.90 Å². The van der Waals surface area contributed by atoms with Crippen molar-refractivity contribution >= 4 is 41.1 Å². The lowest BCUT2D eigenvalue weighted by atomic mass is 9.81. The van der Waals surface area contributed by atoms with Crippen LogP contribution in [0, 0.1) is 35.0 Å². The minimum atomic E-state index is -4.22. The molecule has 0 radical (unpaired) electrons. The molecule has 0 aromatic rings. The van der Waals surface area contributed by atoms with Crippen molar-refractivity contribution in [2.24, 2.45) is 40.7 Å². The Hall–Kier alpha value is -2.76. The maximum absolute atomic E-state index is 13.9. The maximum atomic E-state index is 13.9. The quantitative estimate of drug-likeness (QED) is 0.253. The number of nitrogens with one attached hydrogen (secondary N) is 3. The molecule has 10 nitrogen and oxygen atoms in total. The Bertz CT molecular complexity index is 1060. The number of carbonyl (C=O) groups is 5. The summed E-state index contributed by atoms with van der Waals surface area (Å²) in [6.07, 6.45) is 5.45. The number of hydrogen-bond acceptors (Lipinski definition) is 5. The molecule has 4 rings (SSSR count). The van der Waals surface area contributed by atoms with Gasteiger partial charge in [-0.3, -0.25) is 24.0 Å². The van der Waals surface area contributed by atoms with Crippen LogP contribution in [0.2, 0.25) is 0 Å². The first-order chi connectivity index (χ1) is 17.6. The molecule has 2 saturated heterocycles. The molecule has 8 atom stereocenters. The second kappa shape index (κ2) is 10.1. The minimum absolute atomic E-state index is 0.0269. The molecule has 13 heteroatoms. The first-order valence-electron chi connectivity index (χ1n) is 12.8. The van der Waals surface area contributed by atoms with E-state index in [1.54, 1.807) is 20.8 Å². The maximum Gasteiger partial charge on any atom is 0.399 e. The summed E-state index contributed by atoms with van der Waals surface area (Å²) in [6.45, 7) is 5.48. The third-order valence-corrected chi connectivity index (χ3v) is 8.51. The Labute approximate surface area is 224 Å². The number of nitrogens with zero attached hydrogens (tertiary/aromatic N) is 1. The lowest BCUT2D eigenvalue weighted by Gasteiger charge is -2.37. The van der Waals surface area contributed by atoms with Crippen molar-refractivity contribution in [2.45, 2.75) is 63.5 Å². The summed E-state index contributed by atoms with van der Waals surface area (Å²) in [5.74, 6) is -4.71. The predicted octanol–water partition coefficient (Wildman–Crippen LogP) is 0.494. The van der Waals surface area contributed by atoms with Crippen LogP contribution in [0.3, 0.4) is 0 Å². The van der Waals surface area contributed by atoms with Gasteiger partial charge in [-0.15, -0.1) is 0 Å². The van der Waals surface area contributed by atoms with Gasteiger partial charge in [-0.25, -0.2) is 0 Å². The molecule has 0 aromatic heterocycles. The topological polar surface area (TPSA) is 151 Å². The lowest BCUT2D eigenvalue weighted by Crippen LogP contribution is -2.61. The van der Waals surface area contributed by atoms with Gasteiger partial charge in [0.15, 0.2) is 0 Å². The SMILES string of the molecule is CC(C)(C)[C@H](NC(=O)C(F)(F)Cl)C(=O)N1C[C@H]2[C@@H]([C@H]1C(=O)N[C@@H](C[C@@H]1CCNC1=O)C(N)=O)[C@H]1C=C[C@@H]2C1. The molecule has 2 heterocycles. The van der Waals surface area contributed by atoms with Gasteiger partial charge in [-0.05, 0) is 60.0 Å². The van der Waals surface area contributed by atoms with Crippen LogP contribution in [0.15, 0.2) is 12.2 Å². The van der Waals surface area contributed by atoms with E-state index in [4.69, 9.17) is 17.3 Å². The van der Waals surface area contributed by atoms with Gasteiger partial charge in [-0.1, -0.05) is 32.9 Å². The molecule has 0 unspecified atom stereocenters. The van der Waals surface area contributed by atoms with Crippen LogP contribution in [-0.2, 0) is 24.0 Å². The van der Waals surface area contributed by atoms with Crippen LogP contribution in [0.1, 0.15) is 40.0 Å². The number of rotatable bonds is 8. The average Bonchev–Trinajstić information content (AvgIpc) is 3.57. The fraction of sp³-hybridized carbons (Fsp3) is 0.720. The standard InChI is InChI=1S/C25H34ClF2N5O5/c1-24(2,3)18(32-23(38)25(26,27)28)22(37)33-10-14-11-4-5-12(8-11)16(14)17(33)21(36)31-15(19(29)34)9-13-6-7-30-20(13)35/h4-5,11-18H,6-10H2,1-3H3,(H2,29,34)(H,30,35)(H,31,36)(H,32,38)/t11-,12+,13+,14-,15+,16+,17+,18-/m1/s1. The van der Waals surface area contributed by atoms with Crippen molar-refractivity contribution in [3.63, 3.8) is 0 Å². The molecule has 5 amide bonds. The number of primary amides is 1. The van der Waals surface area contributed by atoms with Crippen molar-refractivity contribution in [1.29, 1.82) is 0 Å². The van der Waals surface area contributed by atoms with Crippen LogP contribution in [0.4, 0.5) is 8.78 Å². The summed E-state index contributed by atoms with van der Waals surface area (Å²) >= 11 is 4.90. The van der Waals surface area contributed by atoms with E-state index in [0.29, 0.717) is 13.0 Å². The Morgan fingerprint density at radius 3 is 2.39 bits per heavy atom. The first-order valence-corrected chi connectivity index (χ1v) is 13.2. The summed E-state index contributed by atoms with van der Waals surface area (Å²) in [4.78, 5) is 65.2. The van der Waals surface area contributed by atoms with Crippen LogP contribution in [0.5, 0.6) is 0 Å². The van der Waals surface area contributed by atoms with E-state index in [1.807, 2.05) is 6.08 Å². The van der Waals surface area contributed by atoms with Crippen LogP contribution < -0.4 is 21.7 Å². The van der Waals surface area contributed by atoms with Crippen LogP contribution in [-0.4, -0.2) is 71.0 Å². The van der Waals surface area contributed by atoms with Gasteiger partial charge in [0.1, 0.15) is 18.1 Å². The minimum Gasteiger partial charge on any atom is -0.368 e. The summed E-state index contributed by atoms with van der Waals surface area (Å²) in [5, 5.41) is 3.20. The van der Waals surface area contributed by atoms with Crippen LogP contribution in [0.25, 0.3) is 0 Å². The normalized spacial score (nSPS) is 31.5. The van der Waals surface area contributed by atoms with E-state index in [9.17, 15) is 32.8 Å². The zero-order valence-electron chi connectivity index (χ0n) is 21.5. The zero-order valence-corrected chi connectivity index (χ0v) is 22.3. The Kier molecular flexibility index (Phi) is 7.50. The van der Waals surface area contributed by atoms with Crippen molar-refractivity contribution in [1.82, 2.24) is 20.9 Å². The van der Waals surface area contributed by atoms with E-state index >= 15 is 0 Å². The van der Waals surface area contributed by atoms with E-state index in [0.717, 1.165) is 6.42 Å². The molecular formula is C25H34ClF2N5O5. The van der Waals surface area contributed by atoms with E-state index in [2.05, 4.69) is 22.0 Å². The number of halogens is 3. The highest BCUT2D eigenvalue weighted by atomic mass is 35.5. The molecule has 3 fully saturated rings. The molecule has 0 aromatic carbocycles. The number of likely N-dealkylation sites (tertiary alicyclic amines) is 1. The third-order valence-electron chi connectivity index (χ3n) is 8.34. The van der Waals surface area contributed by atoms with Crippen molar-refractivity contribution in [3.05, 3.63) is 12.2 Å².